The molecule has 7 heteroatoms. The Morgan fingerprint density at radius 3 is 2.38 bits per heavy atom. The minimum Gasteiger partial charge on any atom is -0.481 e. The molecule has 1 aliphatic heterocycles. The van der Waals surface area contributed by atoms with E-state index in [0.717, 1.165) is 30.0 Å². The van der Waals surface area contributed by atoms with Crippen LogP contribution in [0, 0.1) is 31.6 Å². The molecule has 1 saturated heterocycles. The van der Waals surface area contributed by atoms with Gasteiger partial charge in [0.05, 0.1) is 12.1 Å². The van der Waals surface area contributed by atoms with Gasteiger partial charge in [0.25, 0.3) is 5.91 Å². The SMILES string of the molecule is Cc1ccc(C)n1-c1c(C(=O)N2C[C@H](C(=O)O)[C@@H](C3CC3)C2)cnn1C. The molecule has 0 unspecified atom stereocenters. The molecule has 0 bridgehead atoms. The number of aromatic nitrogens is 3. The number of carboxylic acid groups (broad SMARTS) is 1. The highest BCUT2D eigenvalue weighted by molar-refractivity contribution is 5.97. The Hall–Kier alpha value is -2.57. The Balaban J connectivity index is 1.67. The Morgan fingerprint density at radius 1 is 1.15 bits per heavy atom. The summed E-state index contributed by atoms with van der Waals surface area (Å²) in [5, 5.41) is 13.9. The van der Waals surface area contributed by atoms with Gasteiger partial charge in [0.1, 0.15) is 11.4 Å². The van der Waals surface area contributed by atoms with E-state index >= 15 is 0 Å². The van der Waals surface area contributed by atoms with Crippen molar-refractivity contribution in [1.82, 2.24) is 19.2 Å². The van der Waals surface area contributed by atoms with Crippen LogP contribution in [0.5, 0.6) is 0 Å². The molecule has 2 fully saturated rings. The topological polar surface area (TPSA) is 80.4 Å². The van der Waals surface area contributed by atoms with E-state index in [4.69, 9.17) is 0 Å². The van der Waals surface area contributed by atoms with Gasteiger partial charge >= 0.3 is 5.97 Å². The van der Waals surface area contributed by atoms with Gasteiger partial charge < -0.3 is 14.6 Å². The van der Waals surface area contributed by atoms with E-state index < -0.39 is 11.9 Å². The van der Waals surface area contributed by atoms with Crippen LogP contribution >= 0.6 is 0 Å². The van der Waals surface area contributed by atoms with E-state index in [1.807, 2.05) is 37.6 Å². The maximum Gasteiger partial charge on any atom is 0.308 e. The summed E-state index contributed by atoms with van der Waals surface area (Å²) in [7, 11) is 1.82. The first-order valence-electron chi connectivity index (χ1n) is 9.08. The number of rotatable bonds is 4. The summed E-state index contributed by atoms with van der Waals surface area (Å²) < 4.78 is 3.72. The van der Waals surface area contributed by atoms with E-state index in [1.165, 1.54) is 0 Å². The molecular weight excluding hydrogens is 332 g/mol. The average molecular weight is 356 g/mol. The summed E-state index contributed by atoms with van der Waals surface area (Å²) >= 11 is 0. The monoisotopic (exact) mass is 356 g/mol. The molecule has 26 heavy (non-hydrogen) atoms. The zero-order valence-corrected chi connectivity index (χ0v) is 15.3. The minimum absolute atomic E-state index is 0.0756. The maximum atomic E-state index is 13.2. The third kappa shape index (κ3) is 2.62. The van der Waals surface area contributed by atoms with Gasteiger partial charge in [0.15, 0.2) is 0 Å². The van der Waals surface area contributed by atoms with Crippen LogP contribution in [0.4, 0.5) is 0 Å². The number of hydrogen-bond donors (Lipinski definition) is 1. The van der Waals surface area contributed by atoms with Gasteiger partial charge in [-0.1, -0.05) is 0 Å². The lowest BCUT2D eigenvalue weighted by atomic mass is 9.92. The van der Waals surface area contributed by atoms with Gasteiger partial charge in [-0.15, -0.1) is 0 Å². The van der Waals surface area contributed by atoms with E-state index in [-0.39, 0.29) is 18.4 Å². The minimum atomic E-state index is -0.791. The molecule has 2 atom stereocenters. The van der Waals surface area contributed by atoms with Crippen LogP contribution in [0.25, 0.3) is 5.82 Å². The normalized spacial score (nSPS) is 22.8. The first-order chi connectivity index (χ1) is 12.4. The molecule has 4 rings (SSSR count). The largest absolute Gasteiger partial charge is 0.481 e. The number of likely N-dealkylation sites (tertiary alicyclic amines) is 1. The van der Waals surface area contributed by atoms with Crippen molar-refractivity contribution in [3.05, 3.63) is 35.3 Å². The third-order valence-electron chi connectivity index (χ3n) is 5.82. The summed E-state index contributed by atoms with van der Waals surface area (Å²) in [5.41, 5.74) is 2.58. The van der Waals surface area contributed by atoms with E-state index in [9.17, 15) is 14.7 Å². The zero-order chi connectivity index (χ0) is 18.6. The van der Waals surface area contributed by atoms with Crippen molar-refractivity contribution in [2.75, 3.05) is 13.1 Å². The van der Waals surface area contributed by atoms with Crippen molar-refractivity contribution >= 4 is 11.9 Å². The number of amides is 1. The fourth-order valence-corrected chi connectivity index (χ4v) is 4.28. The van der Waals surface area contributed by atoms with Crippen LogP contribution in [-0.4, -0.2) is 49.3 Å². The lowest BCUT2D eigenvalue weighted by Crippen LogP contribution is -2.30. The van der Waals surface area contributed by atoms with Crippen molar-refractivity contribution in [3.63, 3.8) is 0 Å². The summed E-state index contributed by atoms with van der Waals surface area (Å²) in [6.07, 6.45) is 3.75. The van der Waals surface area contributed by atoms with Gasteiger partial charge in [-0.05, 0) is 50.7 Å². The Bertz CT molecular complexity index is 858. The van der Waals surface area contributed by atoms with Crippen molar-refractivity contribution in [3.8, 4) is 5.82 Å². The maximum absolute atomic E-state index is 13.2. The highest BCUT2D eigenvalue weighted by Crippen LogP contribution is 2.44. The first-order valence-corrected chi connectivity index (χ1v) is 9.08. The molecular formula is C19H24N4O3. The van der Waals surface area contributed by atoms with Crippen molar-refractivity contribution in [1.29, 1.82) is 0 Å². The van der Waals surface area contributed by atoms with E-state index in [1.54, 1.807) is 15.8 Å². The van der Waals surface area contributed by atoms with Gasteiger partial charge in [-0.2, -0.15) is 5.10 Å². The average Bonchev–Trinajstić information content (AvgIpc) is 3.10. The Kier molecular flexibility index (Phi) is 3.89. The van der Waals surface area contributed by atoms with E-state index in [0.29, 0.717) is 18.0 Å². The summed E-state index contributed by atoms with van der Waals surface area (Å²) in [5.74, 6) is -0.114. The molecule has 1 aliphatic carbocycles. The van der Waals surface area contributed by atoms with Crippen LogP contribution in [0.3, 0.4) is 0 Å². The fourth-order valence-electron chi connectivity index (χ4n) is 4.28. The second-order valence-corrected chi connectivity index (χ2v) is 7.61. The molecule has 2 aromatic heterocycles. The fraction of sp³-hybridized carbons (Fsp3) is 0.526. The number of aryl methyl sites for hydroxylation is 3. The first kappa shape index (κ1) is 16.9. The number of hydrogen-bond acceptors (Lipinski definition) is 3. The second kappa shape index (κ2) is 6.00. The van der Waals surface area contributed by atoms with Crippen molar-refractivity contribution < 1.29 is 14.7 Å². The highest BCUT2D eigenvalue weighted by atomic mass is 16.4. The quantitative estimate of drug-likeness (QED) is 0.909. The molecule has 3 heterocycles. The second-order valence-electron chi connectivity index (χ2n) is 7.61. The molecule has 0 aromatic carbocycles. The Labute approximate surface area is 152 Å². The number of nitrogens with zero attached hydrogens (tertiary/aromatic N) is 4. The number of carbonyl (C=O) groups is 2. The molecule has 0 radical (unpaired) electrons. The smallest absolute Gasteiger partial charge is 0.308 e. The molecule has 0 spiro atoms. The Morgan fingerprint density at radius 2 is 1.81 bits per heavy atom. The van der Waals surface area contributed by atoms with Crippen LogP contribution in [0.1, 0.15) is 34.6 Å². The van der Waals surface area contributed by atoms with Crippen LogP contribution in [0.2, 0.25) is 0 Å². The molecule has 1 N–H and O–H groups in total. The summed E-state index contributed by atoms with van der Waals surface area (Å²) in [6.45, 7) is 4.80. The third-order valence-corrected chi connectivity index (χ3v) is 5.82. The van der Waals surface area contributed by atoms with Crippen LogP contribution < -0.4 is 0 Å². The van der Waals surface area contributed by atoms with Crippen LogP contribution in [0.15, 0.2) is 18.3 Å². The molecule has 1 saturated carbocycles. The highest BCUT2D eigenvalue weighted by Gasteiger charge is 2.47. The molecule has 138 valence electrons. The van der Waals surface area contributed by atoms with Gasteiger partial charge in [-0.25, -0.2) is 0 Å². The number of carboxylic acids is 1. The molecule has 7 nitrogen and oxygen atoms in total. The predicted molar refractivity (Wildman–Crippen MR) is 95.3 cm³/mol. The summed E-state index contributed by atoms with van der Waals surface area (Å²) in [4.78, 5) is 26.6. The number of aliphatic carboxylic acids is 1. The van der Waals surface area contributed by atoms with Gasteiger partial charge in [-0.3, -0.25) is 14.3 Å². The van der Waals surface area contributed by atoms with Crippen molar-refractivity contribution in [2.45, 2.75) is 26.7 Å². The van der Waals surface area contributed by atoms with E-state index in [2.05, 4.69) is 5.10 Å². The predicted octanol–water partition coefficient (Wildman–Crippen LogP) is 2.01. The molecule has 1 amide bonds. The summed E-state index contributed by atoms with van der Waals surface area (Å²) in [6, 6.07) is 4.02. The van der Waals surface area contributed by atoms with Gasteiger partial charge in [0.2, 0.25) is 0 Å². The molecule has 2 aromatic rings. The van der Waals surface area contributed by atoms with Gasteiger partial charge in [0, 0.05) is 31.5 Å². The molecule has 2 aliphatic rings. The number of carbonyl (C=O) groups excluding carboxylic acids is 1. The zero-order valence-electron chi connectivity index (χ0n) is 15.3. The lowest BCUT2D eigenvalue weighted by molar-refractivity contribution is -0.142. The van der Waals surface area contributed by atoms with Crippen molar-refractivity contribution in [2.24, 2.45) is 24.8 Å². The lowest BCUT2D eigenvalue weighted by Gasteiger charge is -2.18. The standard InChI is InChI=1S/C19H24N4O3/c1-11-4-5-12(2)23(11)17-14(8-20-21(17)3)18(24)22-9-15(13-6-7-13)16(10-22)19(25)26/h4-5,8,13,15-16H,6-7,9-10H2,1-3H3,(H,25,26)/t15-,16+/m1/s1. The van der Waals surface area contributed by atoms with Crippen LogP contribution in [-0.2, 0) is 11.8 Å².